The van der Waals surface area contributed by atoms with Crippen LogP contribution >= 0.6 is 15.9 Å². The fourth-order valence-electron chi connectivity index (χ4n) is 2.20. The number of anilines is 1. The lowest BCUT2D eigenvalue weighted by atomic mass is 10.1. The van der Waals surface area contributed by atoms with Gasteiger partial charge in [0.2, 0.25) is 5.95 Å². The molecule has 0 aromatic carbocycles. The number of halogens is 1. The van der Waals surface area contributed by atoms with Crippen molar-refractivity contribution in [3.8, 4) is 0 Å². The first-order valence-corrected chi connectivity index (χ1v) is 6.93. The van der Waals surface area contributed by atoms with E-state index in [1.165, 1.54) is 0 Å². The highest BCUT2D eigenvalue weighted by Crippen LogP contribution is 2.19. The van der Waals surface area contributed by atoms with Gasteiger partial charge in [0.15, 0.2) is 0 Å². The van der Waals surface area contributed by atoms with Gasteiger partial charge in [-0.15, -0.1) is 0 Å². The number of carbonyl (C=O) groups is 1. The highest BCUT2D eigenvalue weighted by Gasteiger charge is 2.23. The van der Waals surface area contributed by atoms with Crippen LogP contribution in [0.5, 0.6) is 0 Å². The van der Waals surface area contributed by atoms with Gasteiger partial charge < -0.3 is 10.6 Å². The number of pyridine rings is 1. The lowest BCUT2D eigenvalue weighted by Crippen LogP contribution is -2.36. The Balaban J connectivity index is 1.84. The topological polar surface area (TPSA) is 85.0 Å². The summed E-state index contributed by atoms with van der Waals surface area (Å²) in [5.74, 6) is 0.184. The summed E-state index contributed by atoms with van der Waals surface area (Å²) in [6, 6.07) is 1.76. The van der Waals surface area contributed by atoms with Gasteiger partial charge in [-0.2, -0.15) is 0 Å². The van der Waals surface area contributed by atoms with E-state index in [0.29, 0.717) is 18.7 Å². The van der Waals surface area contributed by atoms with Crippen LogP contribution in [-0.4, -0.2) is 32.3 Å². The van der Waals surface area contributed by atoms with Gasteiger partial charge in [0, 0.05) is 29.6 Å². The van der Waals surface area contributed by atoms with Gasteiger partial charge in [-0.3, -0.25) is 9.78 Å². The molecule has 3 rings (SSSR count). The molecule has 0 fully saturated rings. The number of nitrogen functional groups attached to an aromatic ring is 1. The predicted octanol–water partition coefficient (Wildman–Crippen LogP) is 1.41. The monoisotopic (exact) mass is 333 g/mol. The van der Waals surface area contributed by atoms with Crippen molar-refractivity contribution in [3.63, 3.8) is 0 Å². The van der Waals surface area contributed by atoms with Crippen LogP contribution in [0.3, 0.4) is 0 Å². The van der Waals surface area contributed by atoms with Crippen molar-refractivity contribution in [2.45, 2.75) is 13.0 Å². The normalized spacial score (nSPS) is 13.9. The molecule has 0 spiro atoms. The van der Waals surface area contributed by atoms with E-state index in [1.807, 2.05) is 0 Å². The summed E-state index contributed by atoms with van der Waals surface area (Å²) in [5.41, 5.74) is 8.02. The second-order valence-electron chi connectivity index (χ2n) is 4.57. The molecule has 2 N–H and O–H groups in total. The molecule has 2 aromatic rings. The number of nitrogens with zero attached hydrogens (tertiary/aromatic N) is 4. The number of amides is 1. The molecule has 6 nitrogen and oxygen atoms in total. The summed E-state index contributed by atoms with van der Waals surface area (Å²) in [6.07, 6.45) is 5.69. The van der Waals surface area contributed by atoms with E-state index < -0.39 is 0 Å². The number of carbonyl (C=O) groups excluding carboxylic acids is 1. The van der Waals surface area contributed by atoms with E-state index in [0.717, 1.165) is 22.2 Å². The van der Waals surface area contributed by atoms with Crippen LogP contribution in [0.25, 0.3) is 0 Å². The SMILES string of the molecule is Nc1ncc2c(n1)CN(C(=O)c1cncc(Br)c1)CC2. The predicted molar refractivity (Wildman–Crippen MR) is 76.8 cm³/mol. The minimum Gasteiger partial charge on any atom is -0.368 e. The van der Waals surface area contributed by atoms with Crippen LogP contribution in [0.4, 0.5) is 5.95 Å². The number of hydrogen-bond donors (Lipinski definition) is 1. The van der Waals surface area contributed by atoms with Gasteiger partial charge in [0.25, 0.3) is 5.91 Å². The molecule has 0 radical (unpaired) electrons. The maximum absolute atomic E-state index is 12.4. The summed E-state index contributed by atoms with van der Waals surface area (Å²) in [4.78, 5) is 26.4. The number of hydrogen-bond acceptors (Lipinski definition) is 5. The summed E-state index contributed by atoms with van der Waals surface area (Å²) in [7, 11) is 0. The highest BCUT2D eigenvalue weighted by atomic mass is 79.9. The molecule has 1 amide bonds. The van der Waals surface area contributed by atoms with E-state index in [1.54, 1.807) is 29.6 Å². The van der Waals surface area contributed by atoms with Crippen molar-refractivity contribution in [1.29, 1.82) is 0 Å². The maximum atomic E-state index is 12.4. The van der Waals surface area contributed by atoms with E-state index in [9.17, 15) is 4.79 Å². The van der Waals surface area contributed by atoms with E-state index in [-0.39, 0.29) is 11.9 Å². The Hall–Kier alpha value is -2.02. The van der Waals surface area contributed by atoms with E-state index >= 15 is 0 Å². The molecular formula is C13H12BrN5O. The van der Waals surface area contributed by atoms with E-state index in [2.05, 4.69) is 30.9 Å². The lowest BCUT2D eigenvalue weighted by molar-refractivity contribution is 0.0731. The van der Waals surface area contributed by atoms with Gasteiger partial charge in [-0.25, -0.2) is 9.97 Å². The van der Waals surface area contributed by atoms with Crippen LogP contribution < -0.4 is 5.73 Å². The average molecular weight is 334 g/mol. The van der Waals surface area contributed by atoms with E-state index in [4.69, 9.17) is 5.73 Å². The number of aromatic nitrogens is 3. The molecule has 0 aliphatic carbocycles. The molecule has 7 heteroatoms. The first-order valence-electron chi connectivity index (χ1n) is 6.13. The molecule has 102 valence electrons. The zero-order valence-electron chi connectivity index (χ0n) is 10.6. The third-order valence-electron chi connectivity index (χ3n) is 3.20. The van der Waals surface area contributed by atoms with Crippen LogP contribution in [-0.2, 0) is 13.0 Å². The van der Waals surface area contributed by atoms with Gasteiger partial charge in [0.05, 0.1) is 17.8 Å². The Morgan fingerprint density at radius 1 is 1.35 bits per heavy atom. The van der Waals surface area contributed by atoms with Gasteiger partial charge in [-0.1, -0.05) is 0 Å². The molecule has 0 unspecified atom stereocenters. The van der Waals surface area contributed by atoms with Crippen molar-refractivity contribution in [1.82, 2.24) is 19.9 Å². The van der Waals surface area contributed by atoms with Crippen molar-refractivity contribution in [2.24, 2.45) is 0 Å². The van der Waals surface area contributed by atoms with Crippen LogP contribution in [0.15, 0.2) is 29.1 Å². The fourth-order valence-corrected chi connectivity index (χ4v) is 2.57. The zero-order valence-corrected chi connectivity index (χ0v) is 12.2. The van der Waals surface area contributed by atoms with Crippen molar-refractivity contribution in [3.05, 3.63) is 46.0 Å². The lowest BCUT2D eigenvalue weighted by Gasteiger charge is -2.27. The molecule has 0 saturated carbocycles. The highest BCUT2D eigenvalue weighted by molar-refractivity contribution is 9.10. The molecule has 1 aliphatic rings. The molecule has 0 atom stereocenters. The fraction of sp³-hybridized carbons (Fsp3) is 0.231. The summed E-state index contributed by atoms with van der Waals surface area (Å²) in [5, 5.41) is 0. The first-order chi connectivity index (χ1) is 9.63. The van der Waals surface area contributed by atoms with Crippen molar-refractivity contribution >= 4 is 27.8 Å². The Bertz CT molecular complexity index is 676. The van der Waals surface area contributed by atoms with Gasteiger partial charge >= 0.3 is 0 Å². The molecule has 1 aliphatic heterocycles. The average Bonchev–Trinajstić information content (AvgIpc) is 2.45. The second kappa shape index (κ2) is 5.16. The second-order valence-corrected chi connectivity index (χ2v) is 5.48. The van der Waals surface area contributed by atoms with Crippen LogP contribution in [0.2, 0.25) is 0 Å². The van der Waals surface area contributed by atoms with Crippen LogP contribution in [0, 0.1) is 0 Å². The number of nitrogens with two attached hydrogens (primary N) is 1. The molecule has 0 saturated heterocycles. The smallest absolute Gasteiger partial charge is 0.255 e. The molecule has 20 heavy (non-hydrogen) atoms. The third kappa shape index (κ3) is 2.49. The maximum Gasteiger partial charge on any atom is 0.255 e. The molecule has 2 aromatic heterocycles. The number of fused-ring (bicyclic) bond motifs is 1. The summed E-state index contributed by atoms with van der Waals surface area (Å²) < 4.78 is 0.785. The molecule has 3 heterocycles. The Kier molecular flexibility index (Phi) is 3.35. The van der Waals surface area contributed by atoms with Gasteiger partial charge in [-0.05, 0) is 34.0 Å². The minimum atomic E-state index is -0.0540. The summed E-state index contributed by atoms with van der Waals surface area (Å²) in [6.45, 7) is 1.10. The van der Waals surface area contributed by atoms with Crippen LogP contribution in [0.1, 0.15) is 21.6 Å². The minimum absolute atomic E-state index is 0.0540. The van der Waals surface area contributed by atoms with Crippen molar-refractivity contribution in [2.75, 3.05) is 12.3 Å². The molecular weight excluding hydrogens is 322 g/mol. The summed E-state index contributed by atoms with van der Waals surface area (Å²) >= 11 is 3.32. The van der Waals surface area contributed by atoms with Gasteiger partial charge in [0.1, 0.15) is 0 Å². The Morgan fingerprint density at radius 3 is 3.00 bits per heavy atom. The molecule has 0 bridgehead atoms. The van der Waals surface area contributed by atoms with Crippen molar-refractivity contribution < 1.29 is 4.79 Å². The Morgan fingerprint density at radius 2 is 2.20 bits per heavy atom. The largest absolute Gasteiger partial charge is 0.368 e. The quantitative estimate of drug-likeness (QED) is 0.852. The Labute approximate surface area is 124 Å². The standard InChI is InChI=1S/C13H12BrN5O/c14-10-3-9(4-16-6-10)12(20)19-2-1-8-5-17-13(15)18-11(8)7-19/h3-6H,1-2,7H2,(H2,15,17,18). The number of rotatable bonds is 1. The first kappa shape index (κ1) is 13.0. The third-order valence-corrected chi connectivity index (χ3v) is 3.64. The zero-order chi connectivity index (χ0) is 14.1.